The standard InChI is InChI=1S/C17H19BrN2O4S/c1-23-16(21)10-3-6-20(7-4-10)15-11(17(22)24-2)9-13(19-15)14-12(18)5-8-25-14/h5,8-10,19H,3-4,6-7H2,1-2H3. The summed E-state index contributed by atoms with van der Waals surface area (Å²) in [6.45, 7) is 1.35. The number of aromatic nitrogens is 1. The van der Waals surface area contributed by atoms with Crippen LogP contribution in [-0.2, 0) is 14.3 Å². The van der Waals surface area contributed by atoms with E-state index in [1.54, 1.807) is 11.3 Å². The number of hydrogen-bond acceptors (Lipinski definition) is 6. The highest BCUT2D eigenvalue weighted by molar-refractivity contribution is 9.10. The van der Waals surface area contributed by atoms with Gasteiger partial charge >= 0.3 is 11.9 Å². The minimum Gasteiger partial charge on any atom is -0.469 e. The molecule has 0 radical (unpaired) electrons. The van der Waals surface area contributed by atoms with Gasteiger partial charge in [0, 0.05) is 17.6 Å². The molecule has 1 aliphatic rings. The highest BCUT2D eigenvalue weighted by Gasteiger charge is 2.29. The Labute approximate surface area is 158 Å². The summed E-state index contributed by atoms with van der Waals surface area (Å²) < 4.78 is 10.7. The summed E-state index contributed by atoms with van der Waals surface area (Å²) in [5, 5.41) is 1.99. The van der Waals surface area contributed by atoms with E-state index in [4.69, 9.17) is 9.47 Å². The molecule has 0 saturated carbocycles. The van der Waals surface area contributed by atoms with Crippen molar-refractivity contribution >= 4 is 45.0 Å². The Kier molecular flexibility index (Phi) is 5.48. The quantitative estimate of drug-likeness (QED) is 0.754. The van der Waals surface area contributed by atoms with Gasteiger partial charge in [0.15, 0.2) is 0 Å². The number of hydrogen-bond donors (Lipinski definition) is 1. The molecule has 3 heterocycles. The first-order valence-corrected chi connectivity index (χ1v) is 9.60. The predicted octanol–water partition coefficient (Wildman–Crippen LogP) is 3.68. The van der Waals surface area contributed by atoms with Crippen molar-refractivity contribution in [3.63, 3.8) is 0 Å². The molecule has 2 aromatic rings. The lowest BCUT2D eigenvalue weighted by molar-refractivity contribution is -0.146. The van der Waals surface area contributed by atoms with E-state index < -0.39 is 0 Å². The summed E-state index contributed by atoms with van der Waals surface area (Å²) in [4.78, 5) is 30.4. The molecule has 0 amide bonds. The van der Waals surface area contributed by atoms with Gasteiger partial charge in [-0.2, -0.15) is 0 Å². The van der Waals surface area contributed by atoms with Crippen molar-refractivity contribution in [2.75, 3.05) is 32.2 Å². The van der Waals surface area contributed by atoms with E-state index in [9.17, 15) is 9.59 Å². The summed E-state index contributed by atoms with van der Waals surface area (Å²) in [5.41, 5.74) is 1.38. The molecule has 1 fully saturated rings. The van der Waals surface area contributed by atoms with Crippen LogP contribution in [0.15, 0.2) is 22.0 Å². The normalized spacial score (nSPS) is 15.2. The van der Waals surface area contributed by atoms with E-state index in [0.29, 0.717) is 31.5 Å². The molecule has 8 heteroatoms. The second kappa shape index (κ2) is 7.61. The van der Waals surface area contributed by atoms with E-state index in [0.717, 1.165) is 20.9 Å². The van der Waals surface area contributed by atoms with Crippen LogP contribution >= 0.6 is 27.3 Å². The number of ether oxygens (including phenoxy) is 2. The van der Waals surface area contributed by atoms with Crippen LogP contribution in [-0.4, -0.2) is 44.2 Å². The SMILES string of the molecule is COC(=O)c1cc(-c2sccc2Br)[nH]c1N1CCC(C(=O)OC)CC1. The van der Waals surface area contributed by atoms with Crippen molar-refractivity contribution in [2.24, 2.45) is 5.92 Å². The molecule has 6 nitrogen and oxygen atoms in total. The molecule has 1 saturated heterocycles. The van der Waals surface area contributed by atoms with Crippen LogP contribution in [0.25, 0.3) is 10.6 Å². The highest BCUT2D eigenvalue weighted by Crippen LogP contribution is 2.37. The Morgan fingerprint density at radius 1 is 1.28 bits per heavy atom. The number of nitrogens with one attached hydrogen (secondary N) is 1. The lowest BCUT2D eigenvalue weighted by Crippen LogP contribution is -2.37. The fraction of sp³-hybridized carbons (Fsp3) is 0.412. The molecule has 1 N–H and O–H groups in total. The van der Waals surface area contributed by atoms with Gasteiger partial charge in [0.1, 0.15) is 11.4 Å². The van der Waals surface area contributed by atoms with Crippen LogP contribution in [0.3, 0.4) is 0 Å². The number of nitrogens with zero attached hydrogens (tertiary/aromatic N) is 1. The maximum Gasteiger partial charge on any atom is 0.341 e. The third-order valence-corrected chi connectivity index (χ3v) is 6.28. The Bertz CT molecular complexity index is 777. The van der Waals surface area contributed by atoms with Crippen molar-refractivity contribution in [1.29, 1.82) is 0 Å². The number of anilines is 1. The fourth-order valence-electron chi connectivity index (χ4n) is 3.07. The average Bonchev–Trinajstić information content (AvgIpc) is 3.26. The number of carbonyl (C=O) groups is 2. The molecule has 1 aliphatic heterocycles. The second-order valence-corrected chi connectivity index (χ2v) is 7.59. The Morgan fingerprint density at radius 2 is 2.00 bits per heavy atom. The summed E-state index contributed by atoms with van der Waals surface area (Å²) in [6, 6.07) is 3.80. The van der Waals surface area contributed by atoms with E-state index in [1.807, 2.05) is 17.5 Å². The van der Waals surface area contributed by atoms with Crippen LogP contribution in [0.2, 0.25) is 0 Å². The van der Waals surface area contributed by atoms with Gasteiger partial charge in [-0.05, 0) is 46.3 Å². The first-order chi connectivity index (χ1) is 12.0. The molecular weight excluding hydrogens is 408 g/mol. The second-order valence-electron chi connectivity index (χ2n) is 5.82. The number of thiophene rings is 1. The van der Waals surface area contributed by atoms with Gasteiger partial charge < -0.3 is 19.4 Å². The number of piperidine rings is 1. The number of esters is 2. The van der Waals surface area contributed by atoms with Gasteiger partial charge in [-0.1, -0.05) is 0 Å². The first kappa shape index (κ1) is 18.0. The van der Waals surface area contributed by atoms with E-state index >= 15 is 0 Å². The number of rotatable bonds is 4. The molecule has 0 spiro atoms. The summed E-state index contributed by atoms with van der Waals surface area (Å²) in [7, 11) is 2.80. The summed E-state index contributed by atoms with van der Waals surface area (Å²) >= 11 is 5.12. The van der Waals surface area contributed by atoms with Crippen molar-refractivity contribution in [1.82, 2.24) is 4.98 Å². The molecule has 134 valence electrons. The van der Waals surface area contributed by atoms with Crippen molar-refractivity contribution in [3.8, 4) is 10.6 Å². The topological polar surface area (TPSA) is 71.6 Å². The monoisotopic (exact) mass is 426 g/mol. The van der Waals surface area contributed by atoms with Crippen LogP contribution in [0.5, 0.6) is 0 Å². The molecule has 0 bridgehead atoms. The van der Waals surface area contributed by atoms with E-state index in [2.05, 4.69) is 25.8 Å². The van der Waals surface area contributed by atoms with Crippen molar-refractivity contribution in [3.05, 3.63) is 27.5 Å². The van der Waals surface area contributed by atoms with Gasteiger partial charge in [0.25, 0.3) is 0 Å². The van der Waals surface area contributed by atoms with Crippen LogP contribution in [0, 0.1) is 5.92 Å². The largest absolute Gasteiger partial charge is 0.469 e. The molecule has 0 unspecified atom stereocenters. The predicted molar refractivity (Wildman–Crippen MR) is 100 cm³/mol. The van der Waals surface area contributed by atoms with Crippen molar-refractivity contribution in [2.45, 2.75) is 12.8 Å². The maximum atomic E-state index is 12.2. The Balaban J connectivity index is 1.88. The zero-order chi connectivity index (χ0) is 18.0. The lowest BCUT2D eigenvalue weighted by atomic mass is 9.97. The van der Waals surface area contributed by atoms with E-state index in [-0.39, 0.29) is 17.9 Å². The smallest absolute Gasteiger partial charge is 0.341 e. The minimum atomic E-state index is -0.375. The lowest BCUT2D eigenvalue weighted by Gasteiger charge is -2.32. The highest BCUT2D eigenvalue weighted by atomic mass is 79.9. The number of aromatic amines is 1. The third-order valence-electron chi connectivity index (χ3n) is 4.41. The zero-order valence-corrected chi connectivity index (χ0v) is 16.4. The zero-order valence-electron chi connectivity index (χ0n) is 14.0. The van der Waals surface area contributed by atoms with Crippen LogP contribution in [0.4, 0.5) is 5.82 Å². The average molecular weight is 427 g/mol. The molecule has 25 heavy (non-hydrogen) atoms. The molecular formula is C17H19BrN2O4S. The first-order valence-electron chi connectivity index (χ1n) is 7.92. The Morgan fingerprint density at radius 3 is 2.56 bits per heavy atom. The number of H-pyrrole nitrogens is 1. The number of carbonyl (C=O) groups excluding carboxylic acids is 2. The number of halogens is 1. The Hall–Kier alpha value is -1.80. The summed E-state index contributed by atoms with van der Waals surface area (Å²) in [5.74, 6) is 0.122. The molecule has 3 rings (SSSR count). The molecule has 0 aliphatic carbocycles. The minimum absolute atomic E-state index is 0.0799. The van der Waals surface area contributed by atoms with Crippen LogP contribution < -0.4 is 4.90 Å². The van der Waals surface area contributed by atoms with E-state index in [1.165, 1.54) is 14.2 Å². The van der Waals surface area contributed by atoms with Gasteiger partial charge in [-0.3, -0.25) is 4.79 Å². The van der Waals surface area contributed by atoms with Gasteiger partial charge in [-0.25, -0.2) is 4.79 Å². The van der Waals surface area contributed by atoms with Gasteiger partial charge in [-0.15, -0.1) is 11.3 Å². The third kappa shape index (κ3) is 3.59. The van der Waals surface area contributed by atoms with Crippen LogP contribution in [0.1, 0.15) is 23.2 Å². The maximum absolute atomic E-state index is 12.2. The molecule has 2 aromatic heterocycles. The summed E-state index contributed by atoms with van der Waals surface area (Å²) in [6.07, 6.45) is 1.40. The van der Waals surface area contributed by atoms with Gasteiger partial charge in [0.2, 0.25) is 0 Å². The molecule has 0 aromatic carbocycles. The fourth-order valence-corrected chi connectivity index (χ4v) is 4.63. The van der Waals surface area contributed by atoms with Crippen molar-refractivity contribution < 1.29 is 19.1 Å². The molecule has 0 atom stereocenters. The number of methoxy groups -OCH3 is 2. The van der Waals surface area contributed by atoms with Gasteiger partial charge in [0.05, 0.1) is 30.7 Å².